The SMILES string of the molecule is CCC1COC(C)CN1C1COCCC1N. The molecule has 4 unspecified atom stereocenters. The first kappa shape index (κ1) is 12.3. The highest BCUT2D eigenvalue weighted by Crippen LogP contribution is 2.22. The molecule has 2 heterocycles. The molecule has 2 aliphatic heterocycles. The van der Waals surface area contributed by atoms with E-state index < -0.39 is 0 Å². The van der Waals surface area contributed by atoms with Crippen LogP contribution in [0.4, 0.5) is 0 Å². The number of hydrogen-bond donors (Lipinski definition) is 1. The van der Waals surface area contributed by atoms with E-state index in [9.17, 15) is 0 Å². The Labute approximate surface area is 98.1 Å². The van der Waals surface area contributed by atoms with Gasteiger partial charge in [-0.15, -0.1) is 0 Å². The van der Waals surface area contributed by atoms with Crippen LogP contribution in [-0.2, 0) is 9.47 Å². The predicted octanol–water partition coefficient (Wildman–Crippen LogP) is 0.602. The Morgan fingerprint density at radius 2 is 2.19 bits per heavy atom. The van der Waals surface area contributed by atoms with Crippen LogP contribution in [0.1, 0.15) is 26.7 Å². The maximum atomic E-state index is 6.21. The summed E-state index contributed by atoms with van der Waals surface area (Å²) in [5.74, 6) is 0. The molecule has 0 radical (unpaired) electrons. The third-order valence-corrected chi connectivity index (χ3v) is 3.79. The molecule has 0 aliphatic carbocycles. The van der Waals surface area contributed by atoms with Crippen LogP contribution in [0.15, 0.2) is 0 Å². The van der Waals surface area contributed by atoms with E-state index in [1.807, 2.05) is 0 Å². The molecule has 0 spiro atoms. The predicted molar refractivity (Wildman–Crippen MR) is 63.4 cm³/mol. The van der Waals surface area contributed by atoms with Gasteiger partial charge in [0.1, 0.15) is 0 Å². The van der Waals surface area contributed by atoms with Crippen molar-refractivity contribution in [1.29, 1.82) is 0 Å². The minimum absolute atomic E-state index is 0.257. The fraction of sp³-hybridized carbons (Fsp3) is 1.00. The van der Waals surface area contributed by atoms with Crippen LogP contribution in [0.5, 0.6) is 0 Å². The normalized spacial score (nSPS) is 42.2. The molecule has 2 fully saturated rings. The zero-order valence-electron chi connectivity index (χ0n) is 10.4. The quantitative estimate of drug-likeness (QED) is 0.752. The highest BCUT2D eigenvalue weighted by Gasteiger charge is 2.35. The molecule has 2 saturated heterocycles. The summed E-state index contributed by atoms with van der Waals surface area (Å²) < 4.78 is 11.3. The second-order valence-electron chi connectivity index (χ2n) is 5.00. The van der Waals surface area contributed by atoms with Crippen LogP contribution in [-0.4, -0.2) is 55.5 Å². The van der Waals surface area contributed by atoms with E-state index in [2.05, 4.69) is 18.7 Å². The molecule has 16 heavy (non-hydrogen) atoms. The van der Waals surface area contributed by atoms with Gasteiger partial charge in [-0.25, -0.2) is 0 Å². The minimum Gasteiger partial charge on any atom is -0.380 e. The molecule has 0 aromatic rings. The minimum atomic E-state index is 0.257. The first-order chi connectivity index (χ1) is 7.72. The third-order valence-electron chi connectivity index (χ3n) is 3.79. The maximum absolute atomic E-state index is 6.21. The molecule has 2 N–H and O–H groups in total. The molecule has 4 nitrogen and oxygen atoms in total. The molecule has 2 aliphatic rings. The van der Waals surface area contributed by atoms with E-state index >= 15 is 0 Å². The van der Waals surface area contributed by atoms with E-state index in [4.69, 9.17) is 15.2 Å². The maximum Gasteiger partial charge on any atom is 0.0674 e. The van der Waals surface area contributed by atoms with Gasteiger partial charge in [0.05, 0.1) is 19.3 Å². The molecule has 0 aromatic heterocycles. The largest absolute Gasteiger partial charge is 0.380 e. The lowest BCUT2D eigenvalue weighted by Crippen LogP contribution is -2.61. The highest BCUT2D eigenvalue weighted by molar-refractivity contribution is 4.90. The number of nitrogens with zero attached hydrogens (tertiary/aromatic N) is 1. The molecule has 4 atom stereocenters. The van der Waals surface area contributed by atoms with Crippen molar-refractivity contribution in [3.05, 3.63) is 0 Å². The van der Waals surface area contributed by atoms with Crippen molar-refractivity contribution in [2.75, 3.05) is 26.4 Å². The summed E-state index contributed by atoms with van der Waals surface area (Å²) >= 11 is 0. The van der Waals surface area contributed by atoms with Crippen LogP contribution in [0, 0.1) is 0 Å². The van der Waals surface area contributed by atoms with Crippen molar-refractivity contribution in [3.8, 4) is 0 Å². The van der Waals surface area contributed by atoms with Crippen molar-refractivity contribution >= 4 is 0 Å². The summed E-state index contributed by atoms with van der Waals surface area (Å²) in [6, 6.07) is 1.15. The summed E-state index contributed by atoms with van der Waals surface area (Å²) in [7, 11) is 0. The topological polar surface area (TPSA) is 47.7 Å². The summed E-state index contributed by atoms with van der Waals surface area (Å²) in [6.45, 7) is 7.76. The lowest BCUT2D eigenvalue weighted by molar-refractivity contribution is -0.0998. The van der Waals surface area contributed by atoms with Gasteiger partial charge in [0.2, 0.25) is 0 Å². The lowest BCUT2D eigenvalue weighted by atomic mass is 9.98. The molecular formula is C12H24N2O2. The third kappa shape index (κ3) is 2.56. The van der Waals surface area contributed by atoms with Gasteiger partial charge < -0.3 is 15.2 Å². The Bertz CT molecular complexity index is 225. The van der Waals surface area contributed by atoms with Gasteiger partial charge in [-0.3, -0.25) is 4.90 Å². The fourth-order valence-corrected chi connectivity index (χ4v) is 2.71. The Kier molecular flexibility index (Phi) is 4.19. The Hall–Kier alpha value is -0.160. The Morgan fingerprint density at radius 1 is 1.38 bits per heavy atom. The van der Waals surface area contributed by atoms with Crippen molar-refractivity contribution < 1.29 is 9.47 Å². The second kappa shape index (κ2) is 5.45. The summed E-state index contributed by atoms with van der Waals surface area (Å²) in [4.78, 5) is 2.51. The average Bonchev–Trinajstić information content (AvgIpc) is 2.29. The smallest absolute Gasteiger partial charge is 0.0674 e. The van der Waals surface area contributed by atoms with Crippen LogP contribution >= 0.6 is 0 Å². The van der Waals surface area contributed by atoms with Crippen molar-refractivity contribution in [2.24, 2.45) is 5.73 Å². The summed E-state index contributed by atoms with van der Waals surface area (Å²) in [5.41, 5.74) is 6.21. The number of hydrogen-bond acceptors (Lipinski definition) is 4. The monoisotopic (exact) mass is 228 g/mol. The molecule has 2 rings (SSSR count). The van der Waals surface area contributed by atoms with Crippen LogP contribution in [0.25, 0.3) is 0 Å². The molecule has 0 saturated carbocycles. The molecular weight excluding hydrogens is 204 g/mol. The Balaban J connectivity index is 2.02. The standard InChI is InChI=1S/C12H24N2O2/c1-3-10-7-16-9(2)6-14(10)12-8-15-5-4-11(12)13/h9-12H,3-8,13H2,1-2H3. The van der Waals surface area contributed by atoms with E-state index in [0.29, 0.717) is 18.2 Å². The lowest BCUT2D eigenvalue weighted by Gasteiger charge is -2.46. The van der Waals surface area contributed by atoms with Gasteiger partial charge in [-0.05, 0) is 19.8 Å². The Morgan fingerprint density at radius 3 is 2.88 bits per heavy atom. The highest BCUT2D eigenvalue weighted by atomic mass is 16.5. The van der Waals surface area contributed by atoms with Crippen LogP contribution in [0.3, 0.4) is 0 Å². The van der Waals surface area contributed by atoms with Gasteiger partial charge in [0.15, 0.2) is 0 Å². The van der Waals surface area contributed by atoms with Crippen molar-refractivity contribution in [1.82, 2.24) is 4.90 Å². The first-order valence-corrected chi connectivity index (χ1v) is 6.43. The van der Waals surface area contributed by atoms with Gasteiger partial charge in [-0.1, -0.05) is 6.92 Å². The molecule has 0 bridgehead atoms. The first-order valence-electron chi connectivity index (χ1n) is 6.43. The molecule has 0 aromatic carbocycles. The fourth-order valence-electron chi connectivity index (χ4n) is 2.71. The second-order valence-corrected chi connectivity index (χ2v) is 5.00. The zero-order chi connectivity index (χ0) is 11.5. The summed E-state index contributed by atoms with van der Waals surface area (Å²) in [6.07, 6.45) is 2.42. The number of ether oxygens (including phenoxy) is 2. The molecule has 0 amide bonds. The molecule has 94 valence electrons. The van der Waals surface area contributed by atoms with Crippen LogP contribution in [0.2, 0.25) is 0 Å². The van der Waals surface area contributed by atoms with Gasteiger partial charge in [0.25, 0.3) is 0 Å². The van der Waals surface area contributed by atoms with Crippen LogP contribution < -0.4 is 5.73 Å². The van der Waals surface area contributed by atoms with E-state index in [0.717, 1.165) is 39.2 Å². The van der Waals surface area contributed by atoms with Gasteiger partial charge in [0, 0.05) is 31.3 Å². The molecule has 4 heteroatoms. The van der Waals surface area contributed by atoms with E-state index in [1.54, 1.807) is 0 Å². The number of nitrogens with two attached hydrogens (primary N) is 1. The zero-order valence-corrected chi connectivity index (χ0v) is 10.4. The van der Waals surface area contributed by atoms with E-state index in [1.165, 1.54) is 0 Å². The van der Waals surface area contributed by atoms with Gasteiger partial charge in [-0.2, -0.15) is 0 Å². The van der Waals surface area contributed by atoms with E-state index in [-0.39, 0.29) is 6.04 Å². The van der Waals surface area contributed by atoms with Crippen molar-refractivity contribution in [2.45, 2.75) is 50.9 Å². The van der Waals surface area contributed by atoms with Crippen molar-refractivity contribution in [3.63, 3.8) is 0 Å². The number of morpholine rings is 1. The number of rotatable bonds is 2. The average molecular weight is 228 g/mol. The summed E-state index contributed by atoms with van der Waals surface area (Å²) in [5, 5.41) is 0. The van der Waals surface area contributed by atoms with Gasteiger partial charge >= 0.3 is 0 Å².